The van der Waals surface area contributed by atoms with Crippen molar-refractivity contribution < 1.29 is 32.2 Å². The molecule has 9 nitrogen and oxygen atoms in total. The van der Waals surface area contributed by atoms with E-state index in [1.54, 1.807) is 18.2 Å². The smallest absolute Gasteiger partial charge is 0.340 e. The van der Waals surface area contributed by atoms with Gasteiger partial charge in [-0.3, -0.25) is 9.52 Å². The minimum absolute atomic E-state index is 0.0162. The van der Waals surface area contributed by atoms with Crippen LogP contribution < -0.4 is 14.2 Å². The number of ketones is 1. The fraction of sp³-hybridized carbons (Fsp3) is 0.250. The van der Waals surface area contributed by atoms with Gasteiger partial charge in [-0.15, -0.1) is 0 Å². The standard InChI is InChI=1S/C24H24N2O7S/c1-15-12-19(16(2)26(15)17-8-9-22-23(13-17)32-11-10-31-22)21(27)14-33-24(28)18-6-4-5-7-20(18)25-34(3,29)30/h4-9,12-13,25H,10-11,14H2,1-3H3. The van der Waals surface area contributed by atoms with Crippen LogP contribution in [0.2, 0.25) is 0 Å². The maximum Gasteiger partial charge on any atom is 0.340 e. The lowest BCUT2D eigenvalue weighted by atomic mass is 10.1. The van der Waals surface area contributed by atoms with Gasteiger partial charge in [0.1, 0.15) is 13.2 Å². The summed E-state index contributed by atoms with van der Waals surface area (Å²) in [4.78, 5) is 25.5. The maximum absolute atomic E-state index is 12.9. The van der Waals surface area contributed by atoms with Gasteiger partial charge in [0.2, 0.25) is 15.8 Å². The molecule has 2 heterocycles. The number of benzene rings is 2. The van der Waals surface area contributed by atoms with Crippen molar-refractivity contribution in [2.45, 2.75) is 13.8 Å². The number of ether oxygens (including phenoxy) is 3. The zero-order chi connectivity index (χ0) is 24.5. The molecule has 10 heteroatoms. The van der Waals surface area contributed by atoms with Crippen LogP contribution in [0, 0.1) is 13.8 Å². The Kier molecular flexibility index (Phi) is 6.34. The summed E-state index contributed by atoms with van der Waals surface area (Å²) in [6.07, 6.45) is 0.982. The number of Topliss-reactive ketones (excluding diaryl/α,β-unsaturated/α-hetero) is 1. The molecule has 0 fully saturated rings. The molecule has 0 atom stereocenters. The second-order valence-corrected chi connectivity index (χ2v) is 9.62. The highest BCUT2D eigenvalue weighted by atomic mass is 32.2. The van der Waals surface area contributed by atoms with Crippen molar-refractivity contribution >= 4 is 27.5 Å². The van der Waals surface area contributed by atoms with Crippen LogP contribution in [-0.4, -0.2) is 50.8 Å². The number of carbonyl (C=O) groups is 2. The van der Waals surface area contributed by atoms with E-state index >= 15 is 0 Å². The number of sulfonamides is 1. The first-order valence-electron chi connectivity index (χ1n) is 10.5. The minimum Gasteiger partial charge on any atom is -0.486 e. The molecule has 0 radical (unpaired) electrons. The Morgan fingerprint density at radius 3 is 2.44 bits per heavy atom. The first-order valence-corrected chi connectivity index (χ1v) is 12.4. The molecule has 2 aromatic carbocycles. The van der Waals surface area contributed by atoms with Crippen molar-refractivity contribution in [2.24, 2.45) is 0 Å². The van der Waals surface area contributed by atoms with Gasteiger partial charge < -0.3 is 18.8 Å². The molecular weight excluding hydrogens is 460 g/mol. The molecule has 0 saturated carbocycles. The largest absolute Gasteiger partial charge is 0.486 e. The highest BCUT2D eigenvalue weighted by molar-refractivity contribution is 7.92. The van der Waals surface area contributed by atoms with Gasteiger partial charge >= 0.3 is 5.97 Å². The van der Waals surface area contributed by atoms with Crippen LogP contribution in [0.4, 0.5) is 5.69 Å². The van der Waals surface area contributed by atoms with E-state index in [0.717, 1.165) is 17.6 Å². The number of esters is 1. The fourth-order valence-corrected chi connectivity index (χ4v) is 4.43. The van der Waals surface area contributed by atoms with Crippen LogP contribution in [0.1, 0.15) is 32.1 Å². The number of hydrogen-bond donors (Lipinski definition) is 1. The summed E-state index contributed by atoms with van der Waals surface area (Å²) in [5.74, 6) is 0.130. The van der Waals surface area contributed by atoms with Gasteiger partial charge in [-0.2, -0.15) is 0 Å². The Labute approximate surface area is 197 Å². The molecular formula is C24H24N2O7S. The molecule has 1 aliphatic rings. The van der Waals surface area contributed by atoms with Gasteiger partial charge in [0, 0.05) is 28.7 Å². The van der Waals surface area contributed by atoms with Crippen molar-refractivity contribution in [1.29, 1.82) is 0 Å². The van der Waals surface area contributed by atoms with Gasteiger partial charge in [-0.25, -0.2) is 13.2 Å². The second kappa shape index (κ2) is 9.22. The van der Waals surface area contributed by atoms with Gasteiger partial charge in [-0.05, 0) is 44.2 Å². The molecule has 0 bridgehead atoms. The third-order valence-corrected chi connectivity index (χ3v) is 5.88. The van der Waals surface area contributed by atoms with Crippen molar-refractivity contribution in [2.75, 3.05) is 30.8 Å². The number of para-hydroxylation sites is 1. The van der Waals surface area contributed by atoms with Crippen LogP contribution in [-0.2, 0) is 14.8 Å². The van der Waals surface area contributed by atoms with Crippen molar-refractivity contribution in [3.8, 4) is 17.2 Å². The number of aromatic nitrogens is 1. The maximum atomic E-state index is 12.9. The summed E-state index contributed by atoms with van der Waals surface area (Å²) in [5, 5.41) is 0. The first-order chi connectivity index (χ1) is 16.1. The van der Waals surface area contributed by atoms with E-state index < -0.39 is 22.6 Å². The molecule has 1 aliphatic heterocycles. The summed E-state index contributed by atoms with van der Waals surface area (Å²) in [6, 6.07) is 13.3. The molecule has 0 spiro atoms. The van der Waals surface area contributed by atoms with Gasteiger partial charge in [0.15, 0.2) is 18.1 Å². The number of rotatable bonds is 7. The zero-order valence-electron chi connectivity index (χ0n) is 19.0. The van der Waals surface area contributed by atoms with Gasteiger partial charge in [0.25, 0.3) is 0 Å². The zero-order valence-corrected chi connectivity index (χ0v) is 19.8. The highest BCUT2D eigenvalue weighted by Gasteiger charge is 2.21. The third-order valence-electron chi connectivity index (χ3n) is 5.29. The number of carbonyl (C=O) groups excluding carboxylic acids is 2. The van der Waals surface area contributed by atoms with E-state index in [2.05, 4.69) is 4.72 Å². The summed E-state index contributed by atoms with van der Waals surface area (Å²) in [7, 11) is -3.59. The van der Waals surface area contributed by atoms with Crippen LogP contribution in [0.25, 0.3) is 5.69 Å². The van der Waals surface area contributed by atoms with E-state index in [1.807, 2.05) is 36.6 Å². The van der Waals surface area contributed by atoms with Crippen molar-refractivity contribution in [3.05, 3.63) is 71.0 Å². The highest BCUT2D eigenvalue weighted by Crippen LogP contribution is 2.33. The van der Waals surface area contributed by atoms with E-state index in [4.69, 9.17) is 14.2 Å². The summed E-state index contributed by atoms with van der Waals surface area (Å²) < 4.78 is 43.8. The summed E-state index contributed by atoms with van der Waals surface area (Å²) in [5.41, 5.74) is 2.85. The topological polar surface area (TPSA) is 113 Å². The van der Waals surface area contributed by atoms with E-state index in [1.165, 1.54) is 12.1 Å². The van der Waals surface area contributed by atoms with Crippen LogP contribution in [0.15, 0.2) is 48.5 Å². The lowest BCUT2D eigenvalue weighted by Crippen LogP contribution is -2.18. The van der Waals surface area contributed by atoms with Crippen LogP contribution in [0.5, 0.6) is 11.5 Å². The predicted octanol–water partition coefficient (Wildman–Crippen LogP) is 3.28. The first kappa shape index (κ1) is 23.4. The quantitative estimate of drug-likeness (QED) is 0.404. The second-order valence-electron chi connectivity index (χ2n) is 7.87. The predicted molar refractivity (Wildman–Crippen MR) is 126 cm³/mol. The molecule has 4 rings (SSSR count). The van der Waals surface area contributed by atoms with E-state index in [-0.39, 0.29) is 17.0 Å². The summed E-state index contributed by atoms with van der Waals surface area (Å²) >= 11 is 0. The lowest BCUT2D eigenvalue weighted by molar-refractivity contribution is 0.0475. The monoisotopic (exact) mass is 484 g/mol. The summed E-state index contributed by atoms with van der Waals surface area (Å²) in [6.45, 7) is 4.17. The molecule has 34 heavy (non-hydrogen) atoms. The number of hydrogen-bond acceptors (Lipinski definition) is 7. The molecule has 3 aromatic rings. The molecule has 0 saturated heterocycles. The number of nitrogens with zero attached hydrogens (tertiary/aromatic N) is 1. The SMILES string of the molecule is Cc1cc(C(=O)COC(=O)c2ccccc2NS(C)(=O)=O)c(C)n1-c1ccc2c(c1)OCCO2. The Hall–Kier alpha value is -3.79. The van der Waals surface area contributed by atoms with Gasteiger partial charge in [0.05, 0.1) is 17.5 Å². The van der Waals surface area contributed by atoms with Crippen molar-refractivity contribution in [3.63, 3.8) is 0 Å². The molecule has 0 amide bonds. The Balaban J connectivity index is 1.52. The Bertz CT molecular complexity index is 1380. The molecule has 0 aliphatic carbocycles. The molecule has 1 N–H and O–H groups in total. The number of fused-ring (bicyclic) bond motifs is 1. The third kappa shape index (κ3) is 4.91. The average molecular weight is 485 g/mol. The van der Waals surface area contributed by atoms with Crippen molar-refractivity contribution in [1.82, 2.24) is 4.57 Å². The number of aryl methyl sites for hydroxylation is 1. The van der Waals surface area contributed by atoms with E-state index in [9.17, 15) is 18.0 Å². The average Bonchev–Trinajstić information content (AvgIpc) is 3.10. The van der Waals surface area contributed by atoms with E-state index in [0.29, 0.717) is 36.0 Å². The number of anilines is 1. The molecule has 1 aromatic heterocycles. The molecule has 178 valence electrons. The Morgan fingerprint density at radius 1 is 1.00 bits per heavy atom. The Morgan fingerprint density at radius 2 is 1.71 bits per heavy atom. The lowest BCUT2D eigenvalue weighted by Gasteiger charge is -2.20. The van der Waals surface area contributed by atoms with Crippen LogP contribution in [0.3, 0.4) is 0 Å². The minimum atomic E-state index is -3.59. The number of nitrogens with one attached hydrogen (secondary N) is 1. The van der Waals surface area contributed by atoms with Gasteiger partial charge in [-0.1, -0.05) is 12.1 Å². The van der Waals surface area contributed by atoms with Crippen LogP contribution >= 0.6 is 0 Å². The fourth-order valence-electron chi connectivity index (χ4n) is 3.85. The molecule has 0 unspecified atom stereocenters. The normalized spacial score (nSPS) is 12.8.